The molecule has 4 heteroatoms. The van der Waals surface area contributed by atoms with E-state index in [1.807, 2.05) is 18.7 Å². The number of hydrogen-bond donors (Lipinski definition) is 2. The Morgan fingerprint density at radius 2 is 2.42 bits per heavy atom. The molecule has 1 fully saturated rings. The molecule has 0 aromatic heterocycles. The zero-order valence-electron chi connectivity index (χ0n) is 7.58. The van der Waals surface area contributed by atoms with Crippen molar-refractivity contribution in [1.29, 1.82) is 0 Å². The van der Waals surface area contributed by atoms with Crippen LogP contribution in [-0.4, -0.2) is 47.7 Å². The molecule has 1 aliphatic heterocycles. The first-order chi connectivity index (χ1) is 5.70. The minimum absolute atomic E-state index is 0.0579. The highest BCUT2D eigenvalue weighted by Crippen LogP contribution is 2.09. The lowest BCUT2D eigenvalue weighted by Gasteiger charge is -2.38. The zero-order valence-corrected chi connectivity index (χ0v) is 7.58. The van der Waals surface area contributed by atoms with Crippen LogP contribution < -0.4 is 5.32 Å². The average Bonchev–Trinajstić information content (AvgIpc) is 2.08. The number of aliphatic hydroxyl groups excluding tert-OH is 1. The number of rotatable bonds is 2. The van der Waals surface area contributed by atoms with Gasteiger partial charge in [0.2, 0.25) is 5.91 Å². The predicted octanol–water partition coefficient (Wildman–Crippen LogP) is -0.812. The van der Waals surface area contributed by atoms with Crippen molar-refractivity contribution in [1.82, 2.24) is 10.2 Å². The molecule has 4 nitrogen and oxygen atoms in total. The van der Waals surface area contributed by atoms with Crippen molar-refractivity contribution < 1.29 is 9.90 Å². The predicted molar refractivity (Wildman–Crippen MR) is 45.7 cm³/mol. The van der Waals surface area contributed by atoms with Gasteiger partial charge in [-0.15, -0.1) is 0 Å². The highest BCUT2D eigenvalue weighted by Gasteiger charge is 2.31. The van der Waals surface area contributed by atoms with Gasteiger partial charge in [-0.05, 0) is 13.5 Å². The Kier molecular flexibility index (Phi) is 3.05. The summed E-state index contributed by atoms with van der Waals surface area (Å²) >= 11 is 0. The summed E-state index contributed by atoms with van der Waals surface area (Å²) in [5.74, 6) is -0.0579. The van der Waals surface area contributed by atoms with Gasteiger partial charge in [-0.1, -0.05) is 6.92 Å². The molecule has 70 valence electrons. The Morgan fingerprint density at radius 3 is 2.83 bits per heavy atom. The second kappa shape index (κ2) is 3.87. The van der Waals surface area contributed by atoms with Gasteiger partial charge in [0.15, 0.2) is 0 Å². The maximum Gasteiger partial charge on any atom is 0.239 e. The van der Waals surface area contributed by atoms with Crippen LogP contribution in [0.3, 0.4) is 0 Å². The van der Waals surface area contributed by atoms with Crippen LogP contribution in [0, 0.1) is 0 Å². The molecule has 0 aliphatic carbocycles. The summed E-state index contributed by atoms with van der Waals surface area (Å²) in [6, 6.07) is -0.0244. The lowest BCUT2D eigenvalue weighted by molar-refractivity contribution is -0.132. The van der Waals surface area contributed by atoms with Crippen LogP contribution in [0.4, 0.5) is 0 Å². The molecule has 2 atom stereocenters. The topological polar surface area (TPSA) is 52.6 Å². The monoisotopic (exact) mass is 172 g/mol. The smallest absolute Gasteiger partial charge is 0.239 e. The van der Waals surface area contributed by atoms with Gasteiger partial charge in [0.05, 0.1) is 6.61 Å². The molecular weight excluding hydrogens is 156 g/mol. The first kappa shape index (κ1) is 9.48. The summed E-state index contributed by atoms with van der Waals surface area (Å²) in [4.78, 5) is 13.2. The van der Waals surface area contributed by atoms with E-state index in [2.05, 4.69) is 5.32 Å². The Bertz CT molecular complexity index is 172. The number of nitrogens with zero attached hydrogens (tertiary/aromatic N) is 1. The van der Waals surface area contributed by atoms with Crippen molar-refractivity contribution in [2.45, 2.75) is 25.9 Å². The van der Waals surface area contributed by atoms with Crippen LogP contribution >= 0.6 is 0 Å². The van der Waals surface area contributed by atoms with Crippen molar-refractivity contribution in [3.05, 3.63) is 0 Å². The quantitative estimate of drug-likeness (QED) is 0.572. The van der Waals surface area contributed by atoms with Gasteiger partial charge in [0, 0.05) is 12.6 Å². The lowest BCUT2D eigenvalue weighted by atomic mass is 10.1. The van der Waals surface area contributed by atoms with Gasteiger partial charge in [-0.3, -0.25) is 9.69 Å². The third kappa shape index (κ3) is 1.59. The summed E-state index contributed by atoms with van der Waals surface area (Å²) < 4.78 is 0. The highest BCUT2D eigenvalue weighted by atomic mass is 16.3. The van der Waals surface area contributed by atoms with Crippen LogP contribution in [0.1, 0.15) is 13.8 Å². The van der Waals surface area contributed by atoms with Crippen molar-refractivity contribution in [3.8, 4) is 0 Å². The third-order valence-electron chi connectivity index (χ3n) is 2.38. The molecule has 0 saturated carbocycles. The maximum absolute atomic E-state index is 11.2. The number of piperazine rings is 1. The van der Waals surface area contributed by atoms with Crippen molar-refractivity contribution in [2.24, 2.45) is 0 Å². The molecule has 2 N–H and O–H groups in total. The van der Waals surface area contributed by atoms with Gasteiger partial charge < -0.3 is 10.4 Å². The fraction of sp³-hybridized carbons (Fsp3) is 0.875. The van der Waals surface area contributed by atoms with E-state index in [-0.39, 0.29) is 18.6 Å². The van der Waals surface area contributed by atoms with Gasteiger partial charge in [-0.25, -0.2) is 0 Å². The van der Waals surface area contributed by atoms with Crippen LogP contribution in [-0.2, 0) is 4.79 Å². The van der Waals surface area contributed by atoms with Crippen molar-refractivity contribution in [3.63, 3.8) is 0 Å². The first-order valence-corrected chi connectivity index (χ1v) is 4.35. The molecule has 0 aromatic carbocycles. The fourth-order valence-corrected chi connectivity index (χ4v) is 1.66. The summed E-state index contributed by atoms with van der Waals surface area (Å²) in [5.41, 5.74) is 0. The van der Waals surface area contributed by atoms with Crippen molar-refractivity contribution in [2.75, 3.05) is 19.7 Å². The molecule has 0 aromatic rings. The minimum Gasteiger partial charge on any atom is -0.394 e. The molecule has 12 heavy (non-hydrogen) atoms. The van der Waals surface area contributed by atoms with Gasteiger partial charge in [0.1, 0.15) is 6.04 Å². The average molecular weight is 172 g/mol. The summed E-state index contributed by atoms with van der Waals surface area (Å²) in [5, 5.41) is 11.7. The number of carbonyl (C=O) groups is 1. The molecule has 0 bridgehead atoms. The number of aliphatic hydroxyl groups is 1. The second-order valence-corrected chi connectivity index (χ2v) is 3.12. The van der Waals surface area contributed by atoms with E-state index < -0.39 is 0 Å². The Labute approximate surface area is 72.6 Å². The third-order valence-corrected chi connectivity index (χ3v) is 2.38. The van der Waals surface area contributed by atoms with E-state index in [0.29, 0.717) is 12.6 Å². The molecule has 1 saturated heterocycles. The molecule has 1 aliphatic rings. The fourth-order valence-electron chi connectivity index (χ4n) is 1.66. The van der Waals surface area contributed by atoms with E-state index in [1.54, 1.807) is 0 Å². The highest BCUT2D eigenvalue weighted by molar-refractivity contribution is 5.82. The first-order valence-electron chi connectivity index (χ1n) is 4.35. The molecule has 1 rings (SSSR count). The number of nitrogens with one attached hydrogen (secondary N) is 1. The number of amides is 1. The molecule has 1 heterocycles. The van der Waals surface area contributed by atoms with Crippen molar-refractivity contribution >= 4 is 5.91 Å². The van der Waals surface area contributed by atoms with Crippen LogP contribution in [0.5, 0.6) is 0 Å². The van der Waals surface area contributed by atoms with Gasteiger partial charge >= 0.3 is 0 Å². The van der Waals surface area contributed by atoms with Gasteiger partial charge in [0.25, 0.3) is 0 Å². The normalized spacial score (nSPS) is 31.8. The lowest BCUT2D eigenvalue weighted by Crippen LogP contribution is -2.60. The second-order valence-electron chi connectivity index (χ2n) is 3.12. The van der Waals surface area contributed by atoms with E-state index in [4.69, 9.17) is 5.11 Å². The van der Waals surface area contributed by atoms with Crippen LogP contribution in [0.25, 0.3) is 0 Å². The van der Waals surface area contributed by atoms with E-state index in [1.165, 1.54) is 0 Å². The summed E-state index contributed by atoms with van der Waals surface area (Å²) in [6.45, 7) is 5.44. The van der Waals surface area contributed by atoms with E-state index >= 15 is 0 Å². The largest absolute Gasteiger partial charge is 0.394 e. The maximum atomic E-state index is 11.2. The summed E-state index contributed by atoms with van der Waals surface area (Å²) in [7, 11) is 0. The zero-order chi connectivity index (χ0) is 9.14. The van der Waals surface area contributed by atoms with Crippen LogP contribution in [0.2, 0.25) is 0 Å². The van der Waals surface area contributed by atoms with E-state index in [0.717, 1.165) is 6.54 Å². The number of likely N-dealkylation sites (N-methyl/N-ethyl adjacent to an activating group) is 1. The molecule has 0 radical (unpaired) electrons. The van der Waals surface area contributed by atoms with Crippen LogP contribution in [0.15, 0.2) is 0 Å². The van der Waals surface area contributed by atoms with Gasteiger partial charge in [-0.2, -0.15) is 0 Å². The Hall–Kier alpha value is -0.610. The molecular formula is C8H16N2O2. The molecule has 0 spiro atoms. The number of hydrogen-bond acceptors (Lipinski definition) is 3. The Morgan fingerprint density at radius 1 is 1.75 bits per heavy atom. The molecule has 2 unspecified atom stereocenters. The SMILES string of the molecule is CCN1C(C)CNC(=O)C1CO. The standard InChI is InChI=1S/C8H16N2O2/c1-3-10-6(2)4-9-8(12)7(10)5-11/h6-7,11H,3-5H2,1-2H3,(H,9,12). The number of carbonyl (C=O) groups excluding carboxylic acids is 1. The summed E-state index contributed by atoms with van der Waals surface area (Å²) in [6.07, 6.45) is 0. The molecule has 1 amide bonds. The minimum atomic E-state index is -0.348. The Balaban J connectivity index is 2.68. The van der Waals surface area contributed by atoms with E-state index in [9.17, 15) is 4.79 Å².